The summed E-state index contributed by atoms with van der Waals surface area (Å²) in [7, 11) is 0. The lowest BCUT2D eigenvalue weighted by Gasteiger charge is -2.34. The number of carbonyl (C=O) groups excluding carboxylic acids is 1. The second kappa shape index (κ2) is 5.74. The van der Waals surface area contributed by atoms with Crippen molar-refractivity contribution in [1.29, 1.82) is 0 Å². The summed E-state index contributed by atoms with van der Waals surface area (Å²) in [6.07, 6.45) is 3.20. The van der Waals surface area contributed by atoms with E-state index in [-0.39, 0.29) is 11.9 Å². The maximum absolute atomic E-state index is 12.4. The van der Waals surface area contributed by atoms with Crippen LogP contribution in [-0.2, 0) is 4.79 Å². The molecule has 0 saturated carbocycles. The lowest BCUT2D eigenvalue weighted by atomic mass is 9.89. The number of aryl methyl sites for hydroxylation is 1. The molecule has 1 unspecified atom stereocenters. The molecule has 2 rings (SSSR count). The molecule has 3 heteroatoms. The van der Waals surface area contributed by atoms with Crippen molar-refractivity contribution in [3.05, 3.63) is 35.4 Å². The first kappa shape index (κ1) is 14.1. The molecule has 0 radical (unpaired) electrons. The lowest BCUT2D eigenvalue weighted by Crippen LogP contribution is -2.57. The summed E-state index contributed by atoms with van der Waals surface area (Å²) < 4.78 is 0. The van der Waals surface area contributed by atoms with Gasteiger partial charge in [0.15, 0.2) is 0 Å². The molecule has 19 heavy (non-hydrogen) atoms. The Morgan fingerprint density at radius 3 is 2.58 bits per heavy atom. The quantitative estimate of drug-likeness (QED) is 0.877. The number of rotatable bonds is 3. The molecular formula is C16H24N2O. The first-order valence-electron chi connectivity index (χ1n) is 7.14. The first-order valence-corrected chi connectivity index (χ1v) is 7.14. The van der Waals surface area contributed by atoms with E-state index in [4.69, 9.17) is 0 Å². The van der Waals surface area contributed by atoms with Gasteiger partial charge in [0.25, 0.3) is 0 Å². The highest BCUT2D eigenvalue weighted by Crippen LogP contribution is 2.21. The summed E-state index contributed by atoms with van der Waals surface area (Å²) in [5, 5.41) is 6.47. The number of benzene rings is 1. The first-order chi connectivity index (χ1) is 9.01. The molecule has 0 aliphatic carbocycles. The van der Waals surface area contributed by atoms with Crippen LogP contribution in [0.3, 0.4) is 0 Å². The Morgan fingerprint density at radius 2 is 2.00 bits per heavy atom. The molecule has 1 aliphatic rings. The Bertz CT molecular complexity index is 433. The zero-order valence-electron chi connectivity index (χ0n) is 12.1. The predicted octanol–water partition coefficient (Wildman–Crippen LogP) is 2.70. The molecule has 2 atom stereocenters. The van der Waals surface area contributed by atoms with Gasteiger partial charge in [-0.1, -0.05) is 29.8 Å². The molecule has 1 aliphatic heterocycles. The molecule has 1 saturated heterocycles. The third-order valence-electron chi connectivity index (χ3n) is 4.04. The van der Waals surface area contributed by atoms with Gasteiger partial charge in [0.1, 0.15) is 0 Å². The van der Waals surface area contributed by atoms with Crippen LogP contribution in [0.25, 0.3) is 0 Å². The minimum atomic E-state index is -0.406. The number of piperidine rings is 1. The smallest absolute Gasteiger partial charge is 0.240 e. The van der Waals surface area contributed by atoms with Gasteiger partial charge < -0.3 is 10.6 Å². The topological polar surface area (TPSA) is 41.1 Å². The third kappa shape index (κ3) is 3.35. The highest BCUT2D eigenvalue weighted by Gasteiger charge is 2.34. The van der Waals surface area contributed by atoms with Crippen molar-refractivity contribution in [3.63, 3.8) is 0 Å². The molecule has 2 N–H and O–H groups in total. The van der Waals surface area contributed by atoms with Crippen LogP contribution in [0.2, 0.25) is 0 Å². The second-order valence-corrected chi connectivity index (χ2v) is 5.82. The van der Waals surface area contributed by atoms with Crippen LogP contribution in [0, 0.1) is 6.92 Å². The van der Waals surface area contributed by atoms with Gasteiger partial charge in [-0.15, -0.1) is 0 Å². The van der Waals surface area contributed by atoms with Gasteiger partial charge in [-0.05, 0) is 52.1 Å². The second-order valence-electron chi connectivity index (χ2n) is 5.82. The fraction of sp³-hybridized carbons (Fsp3) is 0.562. The SMILES string of the molecule is Cc1ccc([C@@H](C)NC(=O)C2(C)CCCCN2)cc1. The van der Waals surface area contributed by atoms with Crippen LogP contribution in [0.15, 0.2) is 24.3 Å². The molecule has 1 fully saturated rings. The zero-order chi connectivity index (χ0) is 13.9. The molecule has 3 nitrogen and oxygen atoms in total. The van der Waals surface area contributed by atoms with Crippen molar-refractivity contribution in [1.82, 2.24) is 10.6 Å². The van der Waals surface area contributed by atoms with Gasteiger partial charge in [0, 0.05) is 0 Å². The van der Waals surface area contributed by atoms with E-state index < -0.39 is 5.54 Å². The molecule has 1 aromatic rings. The molecular weight excluding hydrogens is 236 g/mol. The van der Waals surface area contributed by atoms with Crippen molar-refractivity contribution >= 4 is 5.91 Å². The molecule has 0 spiro atoms. The number of amides is 1. The maximum atomic E-state index is 12.4. The van der Waals surface area contributed by atoms with E-state index >= 15 is 0 Å². The monoisotopic (exact) mass is 260 g/mol. The van der Waals surface area contributed by atoms with Crippen LogP contribution in [0.1, 0.15) is 50.3 Å². The van der Waals surface area contributed by atoms with E-state index in [9.17, 15) is 4.79 Å². The Balaban J connectivity index is 2.00. The van der Waals surface area contributed by atoms with Crippen molar-refractivity contribution < 1.29 is 4.79 Å². The molecule has 104 valence electrons. The molecule has 1 aromatic carbocycles. The van der Waals surface area contributed by atoms with Gasteiger partial charge in [-0.2, -0.15) is 0 Å². The summed E-state index contributed by atoms with van der Waals surface area (Å²) in [6.45, 7) is 7.04. The number of nitrogens with one attached hydrogen (secondary N) is 2. The van der Waals surface area contributed by atoms with Crippen molar-refractivity contribution in [2.24, 2.45) is 0 Å². The average molecular weight is 260 g/mol. The zero-order valence-corrected chi connectivity index (χ0v) is 12.1. The Hall–Kier alpha value is -1.35. The number of hydrogen-bond acceptors (Lipinski definition) is 2. The summed E-state index contributed by atoms with van der Waals surface area (Å²) in [4.78, 5) is 12.4. The van der Waals surface area contributed by atoms with E-state index in [2.05, 4.69) is 41.8 Å². The molecule has 1 heterocycles. The van der Waals surface area contributed by atoms with Crippen LogP contribution in [-0.4, -0.2) is 18.0 Å². The minimum absolute atomic E-state index is 0.0497. The Kier molecular flexibility index (Phi) is 4.25. The maximum Gasteiger partial charge on any atom is 0.240 e. The van der Waals surface area contributed by atoms with Crippen LogP contribution < -0.4 is 10.6 Å². The Labute approximate surface area is 115 Å². The van der Waals surface area contributed by atoms with Gasteiger partial charge in [-0.3, -0.25) is 4.79 Å². The highest BCUT2D eigenvalue weighted by atomic mass is 16.2. The molecule has 1 amide bonds. The normalized spacial score (nSPS) is 24.8. The van der Waals surface area contributed by atoms with Gasteiger partial charge >= 0.3 is 0 Å². The van der Waals surface area contributed by atoms with Gasteiger partial charge in [0.2, 0.25) is 5.91 Å². The van der Waals surface area contributed by atoms with Gasteiger partial charge in [-0.25, -0.2) is 0 Å². The van der Waals surface area contributed by atoms with Crippen molar-refractivity contribution in [3.8, 4) is 0 Å². The van der Waals surface area contributed by atoms with Crippen LogP contribution >= 0.6 is 0 Å². The fourth-order valence-electron chi connectivity index (χ4n) is 2.54. The number of carbonyl (C=O) groups is 1. The van der Waals surface area contributed by atoms with Crippen LogP contribution in [0.5, 0.6) is 0 Å². The third-order valence-corrected chi connectivity index (χ3v) is 4.04. The van der Waals surface area contributed by atoms with Crippen LogP contribution in [0.4, 0.5) is 0 Å². The van der Waals surface area contributed by atoms with E-state index in [0.717, 1.165) is 31.4 Å². The lowest BCUT2D eigenvalue weighted by molar-refractivity contribution is -0.128. The predicted molar refractivity (Wildman–Crippen MR) is 78.0 cm³/mol. The molecule has 0 bridgehead atoms. The minimum Gasteiger partial charge on any atom is -0.348 e. The molecule has 0 aromatic heterocycles. The fourth-order valence-corrected chi connectivity index (χ4v) is 2.54. The van der Waals surface area contributed by atoms with E-state index in [1.54, 1.807) is 0 Å². The average Bonchev–Trinajstić information content (AvgIpc) is 2.40. The standard InChI is InChI=1S/C16H24N2O/c1-12-6-8-14(9-7-12)13(2)18-15(19)16(3)10-4-5-11-17-16/h6-9,13,17H,4-5,10-11H2,1-3H3,(H,18,19)/t13-,16?/m1/s1. The number of hydrogen-bond donors (Lipinski definition) is 2. The van der Waals surface area contributed by atoms with E-state index in [1.807, 2.05) is 13.8 Å². The van der Waals surface area contributed by atoms with Gasteiger partial charge in [0.05, 0.1) is 11.6 Å². The Morgan fingerprint density at radius 1 is 1.32 bits per heavy atom. The summed E-state index contributed by atoms with van der Waals surface area (Å²) >= 11 is 0. The summed E-state index contributed by atoms with van der Waals surface area (Å²) in [5.74, 6) is 0.111. The summed E-state index contributed by atoms with van der Waals surface area (Å²) in [5.41, 5.74) is 1.98. The van der Waals surface area contributed by atoms with E-state index in [1.165, 1.54) is 5.56 Å². The largest absolute Gasteiger partial charge is 0.348 e. The summed E-state index contributed by atoms with van der Waals surface area (Å²) in [6, 6.07) is 8.37. The highest BCUT2D eigenvalue weighted by molar-refractivity contribution is 5.86. The van der Waals surface area contributed by atoms with E-state index in [0.29, 0.717) is 0 Å². The van der Waals surface area contributed by atoms with Crippen molar-refractivity contribution in [2.75, 3.05) is 6.54 Å². The van der Waals surface area contributed by atoms with Crippen molar-refractivity contribution in [2.45, 2.75) is 51.6 Å².